The Balaban J connectivity index is 1.80. The molecule has 1 N–H and O–H groups in total. The van der Waals surface area contributed by atoms with Gasteiger partial charge in [-0.15, -0.1) is 0 Å². The number of carbonyl (C=O) groups excluding carboxylic acids is 1. The maximum Gasteiger partial charge on any atom is 0.269 e. The average Bonchev–Trinajstić information content (AvgIpc) is 2.58. The third-order valence-electron chi connectivity index (χ3n) is 4.39. The number of carbonyl (C=O) groups is 1. The van der Waals surface area contributed by atoms with Gasteiger partial charge in [0.25, 0.3) is 5.69 Å². The van der Waals surface area contributed by atoms with Crippen molar-refractivity contribution in [2.45, 2.75) is 25.8 Å². The molecule has 6 heteroatoms. The van der Waals surface area contributed by atoms with Gasteiger partial charge in [0, 0.05) is 43.0 Å². The summed E-state index contributed by atoms with van der Waals surface area (Å²) in [5.74, 6) is 0.133. The predicted octanol–water partition coefficient (Wildman–Crippen LogP) is 3.68. The molecule has 0 aromatic heterocycles. The van der Waals surface area contributed by atoms with Crippen LogP contribution in [0.4, 0.5) is 17.1 Å². The van der Waals surface area contributed by atoms with Crippen molar-refractivity contribution >= 4 is 23.0 Å². The first-order valence-corrected chi connectivity index (χ1v) is 7.86. The van der Waals surface area contributed by atoms with E-state index in [1.807, 2.05) is 31.2 Å². The molecule has 0 bridgehead atoms. The van der Waals surface area contributed by atoms with Gasteiger partial charge >= 0.3 is 0 Å². The molecule has 1 heterocycles. The second-order valence-corrected chi connectivity index (χ2v) is 6.01. The lowest BCUT2D eigenvalue weighted by molar-refractivity contribution is -0.384. The van der Waals surface area contributed by atoms with Gasteiger partial charge in [-0.2, -0.15) is 0 Å². The Morgan fingerprint density at radius 1 is 1.21 bits per heavy atom. The molecule has 2 aromatic carbocycles. The lowest BCUT2D eigenvalue weighted by Gasteiger charge is -2.26. The molecule has 1 atom stereocenters. The van der Waals surface area contributed by atoms with E-state index in [0.29, 0.717) is 6.42 Å². The van der Waals surface area contributed by atoms with E-state index >= 15 is 0 Å². The van der Waals surface area contributed by atoms with Crippen LogP contribution in [0, 0.1) is 10.1 Å². The maximum absolute atomic E-state index is 11.7. The van der Waals surface area contributed by atoms with E-state index in [1.54, 1.807) is 24.1 Å². The summed E-state index contributed by atoms with van der Waals surface area (Å²) in [5.41, 5.74) is 3.96. The number of rotatable bonds is 4. The van der Waals surface area contributed by atoms with E-state index in [-0.39, 0.29) is 22.6 Å². The second kappa shape index (κ2) is 6.31. The van der Waals surface area contributed by atoms with Crippen molar-refractivity contribution in [3.63, 3.8) is 0 Å². The summed E-state index contributed by atoms with van der Waals surface area (Å²) in [4.78, 5) is 24.0. The lowest BCUT2D eigenvalue weighted by Crippen LogP contribution is -2.31. The smallest absolute Gasteiger partial charge is 0.269 e. The number of amides is 1. The predicted molar refractivity (Wildman–Crippen MR) is 93.3 cm³/mol. The SMILES string of the molecule is C[C@@H](Nc1ccc2c(c1)CCC(=O)N2C)c1cccc([N+](=O)[O-])c1. The van der Waals surface area contributed by atoms with E-state index in [0.717, 1.165) is 28.9 Å². The third kappa shape index (κ3) is 3.08. The number of nitrogens with one attached hydrogen (secondary N) is 1. The molecule has 3 rings (SSSR count). The minimum atomic E-state index is -0.387. The first kappa shape index (κ1) is 16.0. The van der Waals surface area contributed by atoms with Gasteiger partial charge in [0.1, 0.15) is 0 Å². The van der Waals surface area contributed by atoms with Crippen molar-refractivity contribution in [3.05, 3.63) is 63.7 Å². The van der Waals surface area contributed by atoms with Crippen molar-refractivity contribution in [2.24, 2.45) is 0 Å². The number of hydrogen-bond donors (Lipinski definition) is 1. The Bertz CT molecular complexity index is 804. The summed E-state index contributed by atoms with van der Waals surface area (Å²) in [6, 6.07) is 12.5. The second-order valence-electron chi connectivity index (χ2n) is 6.01. The fourth-order valence-corrected chi connectivity index (χ4v) is 2.99. The van der Waals surface area contributed by atoms with Crippen LogP contribution in [0.15, 0.2) is 42.5 Å². The van der Waals surface area contributed by atoms with Crippen LogP contribution in [0.3, 0.4) is 0 Å². The number of benzene rings is 2. The van der Waals surface area contributed by atoms with E-state index in [1.165, 1.54) is 6.07 Å². The van der Waals surface area contributed by atoms with Gasteiger partial charge in [-0.25, -0.2) is 0 Å². The first-order chi connectivity index (χ1) is 11.5. The zero-order chi connectivity index (χ0) is 17.3. The summed E-state index contributed by atoms with van der Waals surface area (Å²) in [6.07, 6.45) is 1.26. The Morgan fingerprint density at radius 2 is 2.00 bits per heavy atom. The molecule has 0 saturated heterocycles. The van der Waals surface area contributed by atoms with Gasteiger partial charge in [-0.05, 0) is 42.7 Å². The van der Waals surface area contributed by atoms with Gasteiger partial charge in [0.15, 0.2) is 0 Å². The number of nitro groups is 1. The van der Waals surface area contributed by atoms with Crippen LogP contribution in [0.5, 0.6) is 0 Å². The number of aryl methyl sites for hydroxylation is 1. The van der Waals surface area contributed by atoms with Crippen LogP contribution in [-0.2, 0) is 11.2 Å². The molecule has 1 aliphatic heterocycles. The molecule has 0 aliphatic carbocycles. The van der Waals surface area contributed by atoms with Crippen LogP contribution < -0.4 is 10.2 Å². The van der Waals surface area contributed by atoms with Crippen molar-refractivity contribution < 1.29 is 9.72 Å². The molecule has 0 saturated carbocycles. The Kier molecular flexibility index (Phi) is 4.20. The molecule has 0 unspecified atom stereocenters. The normalized spacial score (nSPS) is 14.9. The highest BCUT2D eigenvalue weighted by Crippen LogP contribution is 2.31. The van der Waals surface area contributed by atoms with Crippen molar-refractivity contribution in [1.29, 1.82) is 0 Å². The molecule has 124 valence electrons. The molecule has 0 radical (unpaired) electrons. The van der Waals surface area contributed by atoms with Crippen molar-refractivity contribution in [1.82, 2.24) is 0 Å². The maximum atomic E-state index is 11.7. The van der Waals surface area contributed by atoms with Crippen LogP contribution in [0.25, 0.3) is 0 Å². The minimum Gasteiger partial charge on any atom is -0.379 e. The third-order valence-corrected chi connectivity index (χ3v) is 4.39. The quantitative estimate of drug-likeness (QED) is 0.687. The number of nitrogens with zero attached hydrogens (tertiary/aromatic N) is 2. The first-order valence-electron chi connectivity index (χ1n) is 7.86. The van der Waals surface area contributed by atoms with Gasteiger partial charge in [0.2, 0.25) is 5.91 Å². The summed E-state index contributed by atoms with van der Waals surface area (Å²) < 4.78 is 0. The highest BCUT2D eigenvalue weighted by Gasteiger charge is 2.21. The van der Waals surface area contributed by atoms with Crippen LogP contribution in [0.2, 0.25) is 0 Å². The summed E-state index contributed by atoms with van der Waals surface area (Å²) in [5, 5.41) is 14.3. The Labute approximate surface area is 140 Å². The van der Waals surface area contributed by atoms with Gasteiger partial charge in [0.05, 0.1) is 4.92 Å². The number of nitro benzene ring substituents is 1. The lowest BCUT2D eigenvalue weighted by atomic mass is 10.0. The molecule has 1 amide bonds. The fraction of sp³-hybridized carbons (Fsp3) is 0.278. The molecular formula is C18H19N3O3. The number of hydrogen-bond acceptors (Lipinski definition) is 4. The van der Waals surface area contributed by atoms with Crippen LogP contribution in [-0.4, -0.2) is 17.9 Å². The number of anilines is 2. The fourth-order valence-electron chi connectivity index (χ4n) is 2.99. The zero-order valence-corrected chi connectivity index (χ0v) is 13.7. The molecule has 6 nitrogen and oxygen atoms in total. The van der Waals surface area contributed by atoms with Crippen LogP contribution in [0.1, 0.15) is 30.5 Å². The van der Waals surface area contributed by atoms with Gasteiger partial charge in [-0.1, -0.05) is 12.1 Å². The molecule has 2 aromatic rings. The molecule has 0 fully saturated rings. The topological polar surface area (TPSA) is 75.5 Å². The number of non-ortho nitro benzene ring substituents is 1. The Morgan fingerprint density at radius 3 is 2.75 bits per heavy atom. The largest absolute Gasteiger partial charge is 0.379 e. The highest BCUT2D eigenvalue weighted by atomic mass is 16.6. The Hall–Kier alpha value is -2.89. The van der Waals surface area contributed by atoms with Crippen molar-refractivity contribution in [2.75, 3.05) is 17.3 Å². The summed E-state index contributed by atoms with van der Waals surface area (Å²) >= 11 is 0. The number of fused-ring (bicyclic) bond motifs is 1. The standard InChI is InChI=1S/C18H19N3O3/c1-12(13-4-3-5-16(11-13)21(23)24)19-15-7-8-17-14(10-15)6-9-18(22)20(17)2/h3-5,7-8,10-12,19H,6,9H2,1-2H3/t12-/m1/s1. The molecule has 24 heavy (non-hydrogen) atoms. The van der Waals surface area contributed by atoms with Gasteiger partial charge in [-0.3, -0.25) is 14.9 Å². The van der Waals surface area contributed by atoms with Crippen molar-refractivity contribution in [3.8, 4) is 0 Å². The summed E-state index contributed by atoms with van der Waals surface area (Å²) in [7, 11) is 1.79. The molecular weight excluding hydrogens is 306 g/mol. The van der Waals surface area contributed by atoms with Crippen LogP contribution >= 0.6 is 0 Å². The molecule has 1 aliphatic rings. The van der Waals surface area contributed by atoms with E-state index in [4.69, 9.17) is 0 Å². The summed E-state index contributed by atoms with van der Waals surface area (Å²) in [6.45, 7) is 1.97. The zero-order valence-electron chi connectivity index (χ0n) is 13.7. The monoisotopic (exact) mass is 325 g/mol. The van der Waals surface area contributed by atoms with Gasteiger partial charge < -0.3 is 10.2 Å². The van der Waals surface area contributed by atoms with E-state index in [2.05, 4.69) is 5.32 Å². The average molecular weight is 325 g/mol. The minimum absolute atomic E-state index is 0.0640. The molecule has 0 spiro atoms. The highest BCUT2D eigenvalue weighted by molar-refractivity contribution is 5.96. The van der Waals surface area contributed by atoms with E-state index < -0.39 is 0 Å². The van der Waals surface area contributed by atoms with E-state index in [9.17, 15) is 14.9 Å².